The summed E-state index contributed by atoms with van der Waals surface area (Å²) in [4.78, 5) is 16.8. The fourth-order valence-corrected chi connectivity index (χ4v) is 4.03. The second kappa shape index (κ2) is 12.3. The SMILES string of the molecule is CC(O)Cc1nc(-c2ccc(CC(O)CCNC(=O)c3ccc(OC(C)C)c(Cl)c3)cc2F)cn1C. The van der Waals surface area contributed by atoms with E-state index < -0.39 is 18.0 Å². The predicted octanol–water partition coefficient (Wildman–Crippen LogP) is 4.31. The number of aliphatic hydroxyl groups excluding tert-OH is 2. The van der Waals surface area contributed by atoms with Gasteiger partial charge < -0.3 is 24.8 Å². The number of aliphatic hydroxyl groups is 2. The third-order valence-corrected chi connectivity index (χ3v) is 5.85. The molecular weight excluding hydrogens is 485 g/mol. The quantitative estimate of drug-likeness (QED) is 0.352. The van der Waals surface area contributed by atoms with E-state index in [0.717, 1.165) is 0 Å². The van der Waals surface area contributed by atoms with Gasteiger partial charge in [0.1, 0.15) is 17.4 Å². The van der Waals surface area contributed by atoms with E-state index >= 15 is 0 Å². The molecule has 0 spiro atoms. The third kappa shape index (κ3) is 7.53. The number of rotatable bonds is 11. The van der Waals surface area contributed by atoms with Gasteiger partial charge in [-0.1, -0.05) is 17.7 Å². The topological polar surface area (TPSA) is 96.6 Å². The van der Waals surface area contributed by atoms with Crippen molar-refractivity contribution in [3.05, 3.63) is 70.4 Å². The normalized spacial score (nSPS) is 13.0. The summed E-state index contributed by atoms with van der Waals surface area (Å²) in [5, 5.41) is 23.1. The number of carbonyl (C=O) groups is 1. The zero-order chi connectivity index (χ0) is 26.4. The molecule has 0 bridgehead atoms. The molecule has 3 N–H and O–H groups in total. The van der Waals surface area contributed by atoms with Gasteiger partial charge in [-0.05, 0) is 69.5 Å². The zero-order valence-corrected chi connectivity index (χ0v) is 21.7. The highest BCUT2D eigenvalue weighted by molar-refractivity contribution is 6.32. The molecule has 3 aromatic rings. The minimum absolute atomic E-state index is 0.0306. The van der Waals surface area contributed by atoms with Gasteiger partial charge in [-0.15, -0.1) is 0 Å². The summed E-state index contributed by atoms with van der Waals surface area (Å²) >= 11 is 6.19. The molecule has 36 heavy (non-hydrogen) atoms. The van der Waals surface area contributed by atoms with Crippen molar-refractivity contribution in [2.75, 3.05) is 6.54 Å². The van der Waals surface area contributed by atoms with Crippen molar-refractivity contribution >= 4 is 17.5 Å². The Hall–Kier alpha value is -2.94. The molecule has 0 fully saturated rings. The lowest BCUT2D eigenvalue weighted by atomic mass is 10.0. The molecule has 194 valence electrons. The van der Waals surface area contributed by atoms with Crippen molar-refractivity contribution < 1.29 is 24.1 Å². The Labute approximate surface area is 215 Å². The largest absolute Gasteiger partial charge is 0.489 e. The monoisotopic (exact) mass is 517 g/mol. The summed E-state index contributed by atoms with van der Waals surface area (Å²) < 4.78 is 22.2. The van der Waals surface area contributed by atoms with Gasteiger partial charge in [-0.25, -0.2) is 9.37 Å². The molecule has 0 radical (unpaired) electrons. The summed E-state index contributed by atoms with van der Waals surface area (Å²) in [5.41, 5.74) is 1.89. The van der Waals surface area contributed by atoms with Gasteiger partial charge in [-0.3, -0.25) is 4.79 Å². The first-order valence-electron chi connectivity index (χ1n) is 11.9. The van der Waals surface area contributed by atoms with Crippen LogP contribution in [0.25, 0.3) is 11.3 Å². The number of carbonyl (C=O) groups excluding carboxylic acids is 1. The number of hydrogen-bond donors (Lipinski definition) is 3. The summed E-state index contributed by atoms with van der Waals surface area (Å²) in [6.45, 7) is 5.71. The number of nitrogens with one attached hydrogen (secondary N) is 1. The maximum atomic E-state index is 14.8. The van der Waals surface area contributed by atoms with Crippen LogP contribution < -0.4 is 10.1 Å². The highest BCUT2D eigenvalue weighted by Crippen LogP contribution is 2.27. The van der Waals surface area contributed by atoms with E-state index in [0.29, 0.717) is 51.8 Å². The number of benzene rings is 2. The molecule has 0 aliphatic carbocycles. The first-order valence-corrected chi connectivity index (χ1v) is 12.3. The number of aryl methyl sites for hydroxylation is 1. The van der Waals surface area contributed by atoms with E-state index in [-0.39, 0.29) is 25.0 Å². The lowest BCUT2D eigenvalue weighted by molar-refractivity contribution is 0.0943. The fourth-order valence-electron chi connectivity index (χ4n) is 3.80. The number of hydrogen-bond acceptors (Lipinski definition) is 5. The Kier molecular flexibility index (Phi) is 9.48. The van der Waals surface area contributed by atoms with Crippen molar-refractivity contribution in [1.29, 1.82) is 0 Å². The molecule has 2 atom stereocenters. The van der Waals surface area contributed by atoms with Crippen molar-refractivity contribution in [1.82, 2.24) is 14.9 Å². The van der Waals surface area contributed by atoms with E-state index in [9.17, 15) is 19.4 Å². The molecule has 0 saturated carbocycles. The summed E-state index contributed by atoms with van der Waals surface area (Å²) in [5.74, 6) is 0.445. The van der Waals surface area contributed by atoms with Crippen LogP contribution in [0.2, 0.25) is 5.02 Å². The minimum Gasteiger partial charge on any atom is -0.489 e. The molecule has 0 aliphatic rings. The maximum absolute atomic E-state index is 14.8. The average molecular weight is 518 g/mol. The summed E-state index contributed by atoms with van der Waals surface area (Å²) in [6.07, 6.45) is 1.33. The van der Waals surface area contributed by atoms with Crippen LogP contribution in [0, 0.1) is 5.82 Å². The van der Waals surface area contributed by atoms with Gasteiger partial charge in [0.25, 0.3) is 5.91 Å². The number of aromatic nitrogens is 2. The second-order valence-corrected chi connectivity index (χ2v) is 9.64. The van der Waals surface area contributed by atoms with Gasteiger partial charge in [0.2, 0.25) is 0 Å². The molecule has 0 saturated heterocycles. The summed E-state index contributed by atoms with van der Waals surface area (Å²) in [6, 6.07) is 9.63. The van der Waals surface area contributed by atoms with Crippen LogP contribution in [0.3, 0.4) is 0 Å². The molecule has 0 aliphatic heterocycles. The Morgan fingerprint density at radius 2 is 1.92 bits per heavy atom. The van der Waals surface area contributed by atoms with Crippen LogP contribution in [0.1, 0.15) is 48.9 Å². The smallest absolute Gasteiger partial charge is 0.251 e. The van der Waals surface area contributed by atoms with Gasteiger partial charge in [0, 0.05) is 37.3 Å². The second-order valence-electron chi connectivity index (χ2n) is 9.23. The predicted molar refractivity (Wildman–Crippen MR) is 138 cm³/mol. The highest BCUT2D eigenvalue weighted by Gasteiger charge is 2.15. The Balaban J connectivity index is 1.53. The molecular formula is C27H33ClFN3O4. The molecule has 2 aromatic carbocycles. The minimum atomic E-state index is -0.756. The number of halogens is 2. The lowest BCUT2D eigenvalue weighted by Gasteiger charge is -2.14. The molecule has 1 aromatic heterocycles. The van der Waals surface area contributed by atoms with Crippen LogP contribution in [0.4, 0.5) is 4.39 Å². The molecule has 2 unspecified atom stereocenters. The van der Waals surface area contributed by atoms with Gasteiger partial charge in [-0.2, -0.15) is 0 Å². The number of amides is 1. The Morgan fingerprint density at radius 3 is 2.56 bits per heavy atom. The van der Waals surface area contributed by atoms with Crippen LogP contribution in [-0.2, 0) is 19.9 Å². The molecule has 7 nitrogen and oxygen atoms in total. The Bertz CT molecular complexity index is 1200. The average Bonchev–Trinajstić information content (AvgIpc) is 3.14. The third-order valence-electron chi connectivity index (χ3n) is 5.55. The van der Waals surface area contributed by atoms with Gasteiger partial charge in [0.15, 0.2) is 0 Å². The number of ether oxygens (including phenoxy) is 1. The fraction of sp³-hybridized carbons (Fsp3) is 0.407. The molecule has 1 heterocycles. The van der Waals surface area contributed by atoms with Crippen LogP contribution in [-0.4, -0.2) is 50.5 Å². The lowest BCUT2D eigenvalue weighted by Crippen LogP contribution is -2.27. The van der Waals surface area contributed by atoms with E-state index in [1.54, 1.807) is 55.1 Å². The summed E-state index contributed by atoms with van der Waals surface area (Å²) in [7, 11) is 1.81. The first-order chi connectivity index (χ1) is 17.0. The van der Waals surface area contributed by atoms with Crippen LogP contribution in [0.15, 0.2) is 42.6 Å². The Morgan fingerprint density at radius 1 is 1.17 bits per heavy atom. The van der Waals surface area contributed by atoms with Crippen molar-refractivity contribution in [3.8, 4) is 17.0 Å². The molecule has 3 rings (SSSR count). The van der Waals surface area contributed by atoms with Crippen molar-refractivity contribution in [3.63, 3.8) is 0 Å². The highest BCUT2D eigenvalue weighted by atomic mass is 35.5. The molecule has 1 amide bonds. The number of nitrogens with zero attached hydrogens (tertiary/aromatic N) is 2. The first kappa shape index (κ1) is 27.6. The maximum Gasteiger partial charge on any atom is 0.251 e. The molecule has 9 heteroatoms. The van der Waals surface area contributed by atoms with Crippen LogP contribution >= 0.6 is 11.6 Å². The van der Waals surface area contributed by atoms with E-state index in [2.05, 4.69) is 10.3 Å². The zero-order valence-electron chi connectivity index (χ0n) is 21.0. The van der Waals surface area contributed by atoms with E-state index in [1.807, 2.05) is 13.8 Å². The standard InChI is InChI=1S/C27H33ClFN3O4/c1-16(2)36-25-8-6-19(14-22(25)28)27(35)30-10-9-20(34)12-18-5-7-21(23(29)13-18)24-15-32(4)26(31-24)11-17(3)33/h5-8,13-17,20,33-34H,9-12H2,1-4H3,(H,30,35). The van der Waals surface area contributed by atoms with E-state index in [4.69, 9.17) is 16.3 Å². The van der Waals surface area contributed by atoms with E-state index in [1.165, 1.54) is 6.07 Å². The van der Waals surface area contributed by atoms with Crippen molar-refractivity contribution in [2.24, 2.45) is 7.05 Å². The van der Waals surface area contributed by atoms with Crippen LogP contribution in [0.5, 0.6) is 5.75 Å². The number of imidazole rings is 1. The van der Waals surface area contributed by atoms with Crippen molar-refractivity contribution in [2.45, 2.75) is 58.3 Å². The van der Waals surface area contributed by atoms with Gasteiger partial charge >= 0.3 is 0 Å². The van der Waals surface area contributed by atoms with Gasteiger partial charge in [0.05, 0.1) is 29.0 Å².